The van der Waals surface area contributed by atoms with Gasteiger partial charge in [0, 0.05) is 37.7 Å². The molecule has 2 heterocycles. The number of nitrogens with zero attached hydrogens (tertiary/aromatic N) is 6. The Balaban J connectivity index is 1.67. The van der Waals surface area contributed by atoms with Crippen molar-refractivity contribution in [2.45, 2.75) is 24.9 Å². The van der Waals surface area contributed by atoms with E-state index in [9.17, 15) is 8.42 Å². The largest absolute Gasteiger partial charge is 0.378 e. The van der Waals surface area contributed by atoms with Crippen molar-refractivity contribution in [3.63, 3.8) is 0 Å². The highest BCUT2D eigenvalue weighted by Gasteiger charge is 2.26. The number of hydrogen-bond acceptors (Lipinski definition) is 7. The molecule has 10 heteroatoms. The highest BCUT2D eigenvalue weighted by Crippen LogP contribution is 2.26. The minimum Gasteiger partial charge on any atom is -0.378 e. The third kappa shape index (κ3) is 4.72. The number of tetrazole rings is 1. The predicted molar refractivity (Wildman–Crippen MR) is 125 cm³/mol. The molecule has 4 aromatic rings. The van der Waals surface area contributed by atoms with E-state index in [1.54, 1.807) is 29.5 Å². The number of sulfonamides is 1. The van der Waals surface area contributed by atoms with Crippen LogP contribution in [0.15, 0.2) is 71.2 Å². The van der Waals surface area contributed by atoms with E-state index in [0.717, 1.165) is 27.4 Å². The summed E-state index contributed by atoms with van der Waals surface area (Å²) in [6.45, 7) is 2.44. The molecule has 0 bridgehead atoms. The lowest BCUT2D eigenvalue weighted by atomic mass is 10.2. The second-order valence-electron chi connectivity index (χ2n) is 7.62. The maximum Gasteiger partial charge on any atom is 0.243 e. The maximum atomic E-state index is 13.7. The lowest BCUT2D eigenvalue weighted by Crippen LogP contribution is -2.30. The Labute approximate surface area is 191 Å². The van der Waals surface area contributed by atoms with Gasteiger partial charge in [0.25, 0.3) is 0 Å². The second-order valence-corrected chi connectivity index (χ2v) is 10.6. The molecule has 0 saturated heterocycles. The number of thiophene rings is 1. The summed E-state index contributed by atoms with van der Waals surface area (Å²) in [6, 6.07) is 16.8. The lowest BCUT2D eigenvalue weighted by Gasteiger charge is -2.23. The van der Waals surface area contributed by atoms with Gasteiger partial charge in [0.15, 0.2) is 0 Å². The van der Waals surface area contributed by atoms with Gasteiger partial charge in [-0.05, 0) is 70.3 Å². The number of hydrogen-bond donors (Lipinski definition) is 0. The average molecular weight is 469 g/mol. The molecule has 0 atom stereocenters. The van der Waals surface area contributed by atoms with Crippen molar-refractivity contribution < 1.29 is 8.42 Å². The molecule has 2 aromatic heterocycles. The van der Waals surface area contributed by atoms with Gasteiger partial charge in [-0.2, -0.15) is 4.31 Å². The van der Waals surface area contributed by atoms with Gasteiger partial charge in [-0.25, -0.2) is 13.1 Å². The molecular weight excluding hydrogens is 444 g/mol. The van der Waals surface area contributed by atoms with Crippen LogP contribution in [-0.4, -0.2) is 47.0 Å². The highest BCUT2D eigenvalue weighted by molar-refractivity contribution is 7.89. The maximum absolute atomic E-state index is 13.7. The molecule has 32 heavy (non-hydrogen) atoms. The molecule has 0 aliphatic heterocycles. The van der Waals surface area contributed by atoms with Crippen LogP contribution < -0.4 is 4.90 Å². The average Bonchev–Trinajstić information content (AvgIpc) is 3.48. The quantitative estimate of drug-likeness (QED) is 0.394. The molecule has 8 nitrogen and oxygen atoms in total. The molecule has 0 N–H and O–H groups in total. The predicted octanol–water partition coefficient (Wildman–Crippen LogP) is 3.49. The summed E-state index contributed by atoms with van der Waals surface area (Å²) in [4.78, 5) is 3.24. The molecule has 0 amide bonds. The molecule has 4 rings (SSSR count). The van der Waals surface area contributed by atoms with Crippen molar-refractivity contribution in [1.29, 1.82) is 0 Å². The van der Waals surface area contributed by atoms with Crippen LogP contribution in [0.4, 0.5) is 5.69 Å². The van der Waals surface area contributed by atoms with Crippen molar-refractivity contribution >= 4 is 27.0 Å². The Morgan fingerprint density at radius 1 is 1.03 bits per heavy atom. The summed E-state index contributed by atoms with van der Waals surface area (Å²) in [5, 5.41) is 13.1. The molecule has 0 radical (unpaired) electrons. The first-order chi connectivity index (χ1) is 15.3. The molecule has 0 spiro atoms. The molecule has 166 valence electrons. The monoisotopic (exact) mass is 468 g/mol. The van der Waals surface area contributed by atoms with Crippen LogP contribution in [0, 0.1) is 6.92 Å². The normalized spacial score (nSPS) is 11.8. The van der Waals surface area contributed by atoms with Crippen LogP contribution in [-0.2, 0) is 23.1 Å². The number of aryl methyl sites for hydroxylation is 1. The van der Waals surface area contributed by atoms with Gasteiger partial charge < -0.3 is 4.90 Å². The van der Waals surface area contributed by atoms with Gasteiger partial charge in [-0.3, -0.25) is 0 Å². The van der Waals surface area contributed by atoms with E-state index in [4.69, 9.17) is 0 Å². The molecule has 0 aliphatic carbocycles. The van der Waals surface area contributed by atoms with E-state index in [1.165, 1.54) is 15.3 Å². The summed E-state index contributed by atoms with van der Waals surface area (Å²) in [7, 11) is 0.211. The zero-order valence-electron chi connectivity index (χ0n) is 18.1. The van der Waals surface area contributed by atoms with Crippen LogP contribution in [0.25, 0.3) is 5.69 Å². The van der Waals surface area contributed by atoms with Crippen LogP contribution in [0.3, 0.4) is 0 Å². The van der Waals surface area contributed by atoms with Gasteiger partial charge in [0.05, 0.1) is 10.6 Å². The Hall–Kier alpha value is -3.08. The second kappa shape index (κ2) is 9.19. The molecule has 0 fully saturated rings. The summed E-state index contributed by atoms with van der Waals surface area (Å²) in [5.74, 6) is 0. The third-order valence-corrected chi connectivity index (χ3v) is 7.77. The fourth-order valence-corrected chi connectivity index (χ4v) is 5.66. The fraction of sp³-hybridized carbons (Fsp3) is 0.227. The van der Waals surface area contributed by atoms with E-state index in [-0.39, 0.29) is 11.4 Å². The first-order valence-electron chi connectivity index (χ1n) is 9.97. The van der Waals surface area contributed by atoms with Crippen molar-refractivity contribution in [3.05, 3.63) is 82.3 Å². The summed E-state index contributed by atoms with van der Waals surface area (Å²) >= 11 is 1.55. The number of rotatable bonds is 8. The van der Waals surface area contributed by atoms with Crippen LogP contribution in [0.5, 0.6) is 0 Å². The molecule has 0 aliphatic rings. The third-order valence-electron chi connectivity index (χ3n) is 5.13. The number of anilines is 1. The molecular formula is C22H24N6O2S2. The standard InChI is InChI=1S/C22H24N6O2S2/c1-17-13-21(10-11-22(17)28-16-23-24-25-28)32(29,30)27(15-20-5-4-12-31-20)14-18-6-8-19(9-7-18)26(2)3/h4-13,16H,14-15H2,1-3H3. The van der Waals surface area contributed by atoms with Gasteiger partial charge in [-0.15, -0.1) is 16.4 Å². The summed E-state index contributed by atoms with van der Waals surface area (Å²) in [6.07, 6.45) is 1.48. The van der Waals surface area contributed by atoms with Gasteiger partial charge >= 0.3 is 0 Å². The molecule has 0 unspecified atom stereocenters. The topological polar surface area (TPSA) is 84.2 Å². The van der Waals surface area contributed by atoms with Crippen molar-refractivity contribution in [3.8, 4) is 5.69 Å². The summed E-state index contributed by atoms with van der Waals surface area (Å²) < 4.78 is 30.4. The summed E-state index contributed by atoms with van der Waals surface area (Å²) in [5.41, 5.74) is 3.50. The van der Waals surface area contributed by atoms with Gasteiger partial charge in [0.1, 0.15) is 6.33 Å². The first kappa shape index (κ1) is 22.1. The van der Waals surface area contributed by atoms with E-state index in [2.05, 4.69) is 15.5 Å². The van der Waals surface area contributed by atoms with Gasteiger partial charge in [-0.1, -0.05) is 18.2 Å². The zero-order chi connectivity index (χ0) is 22.7. The molecule has 0 saturated carbocycles. The van der Waals surface area contributed by atoms with E-state index < -0.39 is 10.0 Å². The van der Waals surface area contributed by atoms with Gasteiger partial charge in [0.2, 0.25) is 10.0 Å². The molecule has 2 aromatic carbocycles. The highest BCUT2D eigenvalue weighted by atomic mass is 32.2. The minimum absolute atomic E-state index is 0.244. The smallest absolute Gasteiger partial charge is 0.243 e. The van der Waals surface area contributed by atoms with E-state index in [1.807, 2.05) is 67.7 Å². The van der Waals surface area contributed by atoms with E-state index in [0.29, 0.717) is 6.54 Å². The van der Waals surface area contributed by atoms with Crippen molar-refractivity contribution in [2.75, 3.05) is 19.0 Å². The lowest BCUT2D eigenvalue weighted by molar-refractivity contribution is 0.404. The van der Waals surface area contributed by atoms with E-state index >= 15 is 0 Å². The van der Waals surface area contributed by atoms with Crippen molar-refractivity contribution in [2.24, 2.45) is 0 Å². The van der Waals surface area contributed by atoms with Crippen LogP contribution in [0.1, 0.15) is 16.0 Å². The zero-order valence-corrected chi connectivity index (χ0v) is 19.7. The Kier molecular flexibility index (Phi) is 6.35. The van der Waals surface area contributed by atoms with Crippen LogP contribution in [0.2, 0.25) is 0 Å². The van der Waals surface area contributed by atoms with Crippen molar-refractivity contribution in [1.82, 2.24) is 24.5 Å². The Morgan fingerprint density at radius 2 is 1.81 bits per heavy atom. The number of aromatic nitrogens is 4. The first-order valence-corrected chi connectivity index (χ1v) is 12.3. The minimum atomic E-state index is -3.74. The number of benzene rings is 2. The Bertz CT molecular complexity index is 1270. The van der Waals surface area contributed by atoms with Crippen LogP contribution >= 0.6 is 11.3 Å². The fourth-order valence-electron chi connectivity index (χ4n) is 3.37. The Morgan fingerprint density at radius 3 is 2.41 bits per heavy atom. The SMILES string of the molecule is Cc1cc(S(=O)(=O)N(Cc2ccc(N(C)C)cc2)Cc2cccs2)ccc1-n1cnnn1.